The van der Waals surface area contributed by atoms with Crippen molar-refractivity contribution in [3.05, 3.63) is 35.4 Å². The van der Waals surface area contributed by atoms with E-state index in [2.05, 4.69) is 34.9 Å². The molecule has 3 rings (SSSR count). The SMILES string of the molecule is Cc1ccc(C(=O)O/N=C2/CC3CCC2(C)C3(C)CBr)cc1. The summed E-state index contributed by atoms with van der Waals surface area (Å²) in [5.74, 6) is 0.258. The summed E-state index contributed by atoms with van der Waals surface area (Å²) < 4.78 is 0. The maximum atomic E-state index is 12.1. The third-order valence-corrected chi connectivity index (χ3v) is 7.20. The second-order valence-corrected chi connectivity index (χ2v) is 7.67. The molecule has 3 nitrogen and oxygen atoms in total. The first-order chi connectivity index (χ1) is 10.4. The summed E-state index contributed by atoms with van der Waals surface area (Å²) in [4.78, 5) is 17.4. The molecule has 2 fully saturated rings. The molecule has 2 bridgehead atoms. The van der Waals surface area contributed by atoms with E-state index in [1.807, 2.05) is 19.1 Å². The summed E-state index contributed by atoms with van der Waals surface area (Å²) in [7, 11) is 0. The lowest BCUT2D eigenvalue weighted by atomic mass is 9.70. The number of oxime groups is 1. The van der Waals surface area contributed by atoms with Gasteiger partial charge < -0.3 is 4.84 Å². The molecule has 0 aliphatic heterocycles. The molecular weight excluding hydrogens is 342 g/mol. The Morgan fingerprint density at radius 2 is 2.05 bits per heavy atom. The summed E-state index contributed by atoms with van der Waals surface area (Å²) in [5, 5.41) is 5.23. The summed E-state index contributed by atoms with van der Waals surface area (Å²) in [6, 6.07) is 7.38. The van der Waals surface area contributed by atoms with Gasteiger partial charge >= 0.3 is 5.97 Å². The zero-order valence-electron chi connectivity index (χ0n) is 13.4. The zero-order chi connectivity index (χ0) is 16.0. The molecule has 3 atom stereocenters. The molecule has 0 N–H and O–H groups in total. The number of carbonyl (C=O) groups excluding carboxylic acids is 1. The normalized spacial score (nSPS) is 35.1. The van der Waals surface area contributed by atoms with Gasteiger partial charge in [-0.15, -0.1) is 0 Å². The van der Waals surface area contributed by atoms with Crippen LogP contribution in [0.2, 0.25) is 0 Å². The van der Waals surface area contributed by atoms with Crippen LogP contribution in [0.4, 0.5) is 0 Å². The third kappa shape index (κ3) is 2.23. The zero-order valence-corrected chi connectivity index (χ0v) is 14.9. The van der Waals surface area contributed by atoms with E-state index in [-0.39, 0.29) is 16.8 Å². The van der Waals surface area contributed by atoms with Crippen molar-refractivity contribution in [3.63, 3.8) is 0 Å². The Balaban J connectivity index is 1.77. The van der Waals surface area contributed by atoms with Crippen LogP contribution in [0.25, 0.3) is 0 Å². The number of nitrogens with zero attached hydrogens (tertiary/aromatic N) is 1. The molecule has 0 aromatic heterocycles. The molecule has 0 amide bonds. The number of fused-ring (bicyclic) bond motifs is 2. The van der Waals surface area contributed by atoms with Crippen molar-refractivity contribution in [1.29, 1.82) is 0 Å². The molecule has 0 saturated heterocycles. The summed E-state index contributed by atoms with van der Waals surface area (Å²) in [5.41, 5.74) is 2.96. The average Bonchev–Trinajstić information content (AvgIpc) is 2.89. The van der Waals surface area contributed by atoms with Gasteiger partial charge in [0.15, 0.2) is 0 Å². The molecule has 2 saturated carbocycles. The molecule has 22 heavy (non-hydrogen) atoms. The van der Waals surface area contributed by atoms with Crippen molar-refractivity contribution < 1.29 is 9.63 Å². The van der Waals surface area contributed by atoms with Gasteiger partial charge in [-0.1, -0.05) is 52.6 Å². The van der Waals surface area contributed by atoms with Gasteiger partial charge in [0.05, 0.1) is 11.3 Å². The van der Waals surface area contributed by atoms with E-state index in [4.69, 9.17) is 4.84 Å². The Morgan fingerprint density at radius 1 is 1.36 bits per heavy atom. The molecule has 0 heterocycles. The molecule has 0 spiro atoms. The standard InChI is InChI=1S/C18H22BrNO2/c1-12-4-6-13(7-5-12)16(21)22-20-15-10-14-8-9-17(15,2)18(14,3)11-19/h4-7,14H,8-11H2,1-3H3/b20-15-. The molecule has 3 unspecified atom stereocenters. The predicted octanol–water partition coefficient (Wildman–Crippen LogP) is 4.73. The van der Waals surface area contributed by atoms with Crippen molar-refractivity contribution in [2.75, 3.05) is 5.33 Å². The summed E-state index contributed by atoms with van der Waals surface area (Å²) >= 11 is 3.68. The Hall–Kier alpha value is -1.16. The van der Waals surface area contributed by atoms with Crippen molar-refractivity contribution in [2.45, 2.75) is 40.0 Å². The molecule has 0 radical (unpaired) electrons. The highest BCUT2D eigenvalue weighted by Gasteiger charge is 2.62. The molecule has 118 valence electrons. The molecule has 4 heteroatoms. The number of benzene rings is 1. The Bertz CT molecular complexity index is 624. The van der Waals surface area contributed by atoms with Crippen molar-refractivity contribution in [3.8, 4) is 0 Å². The minimum Gasteiger partial charge on any atom is -0.313 e. The Kier molecular flexibility index (Phi) is 3.92. The van der Waals surface area contributed by atoms with Crippen LogP contribution in [-0.2, 0) is 4.84 Å². The molecular formula is C18H22BrNO2. The lowest BCUT2D eigenvalue weighted by Gasteiger charge is -2.36. The fraction of sp³-hybridized carbons (Fsp3) is 0.556. The summed E-state index contributed by atoms with van der Waals surface area (Å²) in [6.45, 7) is 6.58. The van der Waals surface area contributed by atoms with Crippen molar-refractivity contribution in [2.24, 2.45) is 21.9 Å². The monoisotopic (exact) mass is 363 g/mol. The van der Waals surface area contributed by atoms with Crippen LogP contribution in [0.5, 0.6) is 0 Å². The third-order valence-electron chi connectivity index (χ3n) is 6.03. The number of rotatable bonds is 3. The minimum atomic E-state index is -0.376. The van der Waals surface area contributed by atoms with Gasteiger partial charge in [-0.25, -0.2) is 4.79 Å². The topological polar surface area (TPSA) is 38.7 Å². The van der Waals surface area contributed by atoms with Gasteiger partial charge in [0, 0.05) is 10.7 Å². The maximum absolute atomic E-state index is 12.1. The number of hydrogen-bond donors (Lipinski definition) is 0. The van der Waals surface area contributed by atoms with Gasteiger partial charge in [-0.05, 0) is 49.7 Å². The van der Waals surface area contributed by atoms with Gasteiger partial charge in [0.2, 0.25) is 0 Å². The molecule has 1 aromatic rings. The highest BCUT2D eigenvalue weighted by atomic mass is 79.9. The quantitative estimate of drug-likeness (QED) is 0.442. The van der Waals surface area contributed by atoms with Crippen LogP contribution in [0.15, 0.2) is 29.4 Å². The molecule has 1 aromatic carbocycles. The average molecular weight is 364 g/mol. The van der Waals surface area contributed by atoms with Crippen LogP contribution in [0.3, 0.4) is 0 Å². The number of aryl methyl sites for hydroxylation is 1. The van der Waals surface area contributed by atoms with Gasteiger partial charge in [0.1, 0.15) is 0 Å². The van der Waals surface area contributed by atoms with E-state index < -0.39 is 0 Å². The van der Waals surface area contributed by atoms with E-state index >= 15 is 0 Å². The predicted molar refractivity (Wildman–Crippen MR) is 91.4 cm³/mol. The van der Waals surface area contributed by atoms with E-state index in [0.29, 0.717) is 11.5 Å². The van der Waals surface area contributed by atoms with E-state index in [1.165, 1.54) is 6.42 Å². The molecule has 2 aliphatic rings. The van der Waals surface area contributed by atoms with Crippen LogP contribution < -0.4 is 0 Å². The largest absolute Gasteiger partial charge is 0.365 e. The van der Waals surface area contributed by atoms with Crippen LogP contribution in [-0.4, -0.2) is 17.0 Å². The highest BCUT2D eigenvalue weighted by Crippen LogP contribution is 2.64. The number of carbonyl (C=O) groups is 1. The Morgan fingerprint density at radius 3 is 2.64 bits per heavy atom. The van der Waals surface area contributed by atoms with Crippen LogP contribution in [0, 0.1) is 23.7 Å². The second-order valence-electron chi connectivity index (χ2n) is 7.11. The van der Waals surface area contributed by atoms with Gasteiger partial charge in [-0.3, -0.25) is 0 Å². The number of halogens is 1. The number of alkyl halides is 1. The first-order valence-corrected chi connectivity index (χ1v) is 8.94. The van der Waals surface area contributed by atoms with Crippen molar-refractivity contribution >= 4 is 27.6 Å². The summed E-state index contributed by atoms with van der Waals surface area (Å²) in [6.07, 6.45) is 3.31. The fourth-order valence-corrected chi connectivity index (χ4v) is 5.09. The first-order valence-electron chi connectivity index (χ1n) is 7.82. The maximum Gasteiger partial charge on any atom is 0.365 e. The Labute approximate surface area is 140 Å². The van der Waals surface area contributed by atoms with Gasteiger partial charge in [-0.2, -0.15) is 0 Å². The lowest BCUT2D eigenvalue weighted by molar-refractivity contribution is 0.0508. The van der Waals surface area contributed by atoms with Gasteiger partial charge in [0.25, 0.3) is 0 Å². The van der Waals surface area contributed by atoms with Crippen LogP contribution >= 0.6 is 15.9 Å². The first kappa shape index (κ1) is 15.7. The highest BCUT2D eigenvalue weighted by molar-refractivity contribution is 9.09. The van der Waals surface area contributed by atoms with E-state index in [1.54, 1.807) is 12.1 Å². The molecule has 2 aliphatic carbocycles. The van der Waals surface area contributed by atoms with Crippen LogP contribution in [0.1, 0.15) is 49.0 Å². The smallest absolute Gasteiger partial charge is 0.313 e. The lowest BCUT2D eigenvalue weighted by Crippen LogP contribution is -2.36. The number of hydrogen-bond acceptors (Lipinski definition) is 3. The van der Waals surface area contributed by atoms with Crippen molar-refractivity contribution in [1.82, 2.24) is 0 Å². The second kappa shape index (κ2) is 5.48. The minimum absolute atomic E-state index is 0.0364. The van der Waals surface area contributed by atoms with E-state index in [9.17, 15) is 4.79 Å². The van der Waals surface area contributed by atoms with E-state index in [0.717, 1.165) is 29.4 Å². The fourth-order valence-electron chi connectivity index (χ4n) is 4.01.